The average molecular weight is 629 g/mol. The molecule has 0 saturated heterocycles. The minimum Gasteiger partial charge on any atom is -0.509 e. The Morgan fingerprint density at radius 1 is 0.531 bits per heavy atom. The number of phenolic OH excluding ortho intramolecular Hbond substituents is 2. The molecule has 0 unspecified atom stereocenters. The molecule has 0 bridgehead atoms. The van der Waals surface area contributed by atoms with Gasteiger partial charge in [-0.2, -0.15) is 0 Å². The van der Waals surface area contributed by atoms with Gasteiger partial charge in [-0.25, -0.2) is 0 Å². The molecule has 0 atom stereocenters. The standard InChI is InChI=1S/C43H34B3NO2/c1-23-31-27-18-9-11-20-29(27)42(2,3)33(31)38(34-32(23)28-19-10-12-21-30(28)43(34,4)5)47(39-37(46)40(48)35(44)36(45)41(39)49)26-17-13-16-25(22-26)24-14-7-6-8-15-24/h6-22,48-49H,1-5H3. The van der Waals surface area contributed by atoms with E-state index in [1.165, 1.54) is 27.8 Å². The number of aromatic hydroxyl groups is 2. The quantitative estimate of drug-likeness (QED) is 0.157. The Kier molecular flexibility index (Phi) is 6.82. The lowest BCUT2D eigenvalue weighted by Crippen LogP contribution is -2.35. The van der Waals surface area contributed by atoms with E-state index >= 15 is 0 Å². The molecule has 0 aliphatic heterocycles. The highest BCUT2D eigenvalue weighted by atomic mass is 16.3. The van der Waals surface area contributed by atoms with Gasteiger partial charge in [0.1, 0.15) is 35.0 Å². The first-order valence-corrected chi connectivity index (χ1v) is 16.6. The third-order valence-electron chi connectivity index (χ3n) is 10.9. The van der Waals surface area contributed by atoms with Gasteiger partial charge in [-0.15, -0.1) is 0 Å². The second kappa shape index (κ2) is 10.7. The molecule has 3 nitrogen and oxygen atoms in total. The summed E-state index contributed by atoms with van der Waals surface area (Å²) in [5, 5.41) is 23.3. The minimum absolute atomic E-state index is 0.0565. The number of rotatable bonds is 4. The molecule has 6 aromatic rings. The van der Waals surface area contributed by atoms with Crippen molar-refractivity contribution in [3.05, 3.63) is 131 Å². The molecule has 6 heteroatoms. The lowest BCUT2D eigenvalue weighted by Gasteiger charge is -2.39. The van der Waals surface area contributed by atoms with Crippen molar-refractivity contribution in [2.24, 2.45) is 0 Å². The Hall–Kier alpha value is -5.09. The summed E-state index contributed by atoms with van der Waals surface area (Å²) in [6, 6.07) is 35.6. The van der Waals surface area contributed by atoms with Gasteiger partial charge in [-0.3, -0.25) is 0 Å². The van der Waals surface area contributed by atoms with Crippen LogP contribution in [0, 0.1) is 6.92 Å². The van der Waals surface area contributed by atoms with Crippen LogP contribution in [0.3, 0.4) is 0 Å². The van der Waals surface area contributed by atoms with E-state index < -0.39 is 10.8 Å². The van der Waals surface area contributed by atoms with Crippen molar-refractivity contribution in [2.45, 2.75) is 45.4 Å². The normalized spacial score (nSPS) is 14.6. The zero-order chi connectivity index (χ0) is 34.6. The van der Waals surface area contributed by atoms with Gasteiger partial charge >= 0.3 is 0 Å². The topological polar surface area (TPSA) is 43.7 Å². The van der Waals surface area contributed by atoms with Gasteiger partial charge in [0, 0.05) is 16.5 Å². The van der Waals surface area contributed by atoms with Crippen LogP contribution in [0.4, 0.5) is 17.1 Å². The number of benzene rings is 6. The molecule has 0 amide bonds. The fourth-order valence-electron chi connectivity index (χ4n) is 8.56. The summed E-state index contributed by atoms with van der Waals surface area (Å²) in [6.45, 7) is 11.3. The maximum atomic E-state index is 12.0. The number of hydrogen-bond acceptors (Lipinski definition) is 3. The van der Waals surface area contributed by atoms with E-state index in [2.05, 4.69) is 107 Å². The molecule has 6 radical (unpaired) electrons. The first-order chi connectivity index (χ1) is 23.4. The smallest absolute Gasteiger partial charge is 0.131 e. The number of nitrogens with zero attached hydrogens (tertiary/aromatic N) is 1. The Morgan fingerprint density at radius 3 is 1.59 bits per heavy atom. The van der Waals surface area contributed by atoms with Crippen LogP contribution in [0.5, 0.6) is 11.5 Å². The number of phenols is 2. The fourth-order valence-corrected chi connectivity index (χ4v) is 8.56. The molecule has 2 N–H and O–H groups in total. The molecule has 232 valence electrons. The molecule has 0 saturated carbocycles. The first kappa shape index (κ1) is 31.2. The highest BCUT2D eigenvalue weighted by molar-refractivity contribution is 6.55. The van der Waals surface area contributed by atoms with Crippen molar-refractivity contribution in [1.82, 2.24) is 0 Å². The molecule has 8 rings (SSSR count). The molecule has 6 aromatic carbocycles. The molecule has 0 spiro atoms. The summed E-state index contributed by atoms with van der Waals surface area (Å²) in [4.78, 5) is 2.02. The first-order valence-electron chi connectivity index (χ1n) is 16.6. The van der Waals surface area contributed by atoms with E-state index in [1.807, 2.05) is 35.2 Å². The highest BCUT2D eigenvalue weighted by Gasteiger charge is 2.48. The molecule has 0 aromatic heterocycles. The molecular weight excluding hydrogens is 595 g/mol. The summed E-state index contributed by atoms with van der Waals surface area (Å²) in [5.41, 5.74) is 13.2. The van der Waals surface area contributed by atoms with Gasteiger partial charge in [0.15, 0.2) is 0 Å². The summed E-state index contributed by atoms with van der Waals surface area (Å²) in [5.74, 6) is -0.650. The maximum Gasteiger partial charge on any atom is 0.131 e. The molecule has 2 aliphatic carbocycles. The number of fused-ring (bicyclic) bond motifs is 6. The van der Waals surface area contributed by atoms with Crippen molar-refractivity contribution < 1.29 is 10.2 Å². The van der Waals surface area contributed by atoms with Crippen LogP contribution < -0.4 is 21.3 Å². The van der Waals surface area contributed by atoms with Gasteiger partial charge in [0.2, 0.25) is 0 Å². The Labute approximate surface area is 292 Å². The highest BCUT2D eigenvalue weighted by Crippen LogP contribution is 2.64. The van der Waals surface area contributed by atoms with Crippen molar-refractivity contribution in [3.8, 4) is 44.9 Å². The summed E-state index contributed by atoms with van der Waals surface area (Å²) in [6.07, 6.45) is 0. The molecule has 0 heterocycles. The van der Waals surface area contributed by atoms with Gasteiger partial charge < -0.3 is 15.1 Å². The number of anilines is 3. The van der Waals surface area contributed by atoms with Crippen molar-refractivity contribution in [3.63, 3.8) is 0 Å². The van der Waals surface area contributed by atoms with E-state index in [0.29, 0.717) is 0 Å². The molecular formula is C43H34B3NO2. The lowest BCUT2D eigenvalue weighted by atomic mass is 9.72. The van der Waals surface area contributed by atoms with E-state index in [1.54, 1.807) is 0 Å². The average Bonchev–Trinajstić information content (AvgIpc) is 3.50. The summed E-state index contributed by atoms with van der Waals surface area (Å²) >= 11 is 0. The van der Waals surface area contributed by atoms with Crippen LogP contribution in [0.1, 0.15) is 55.5 Å². The van der Waals surface area contributed by atoms with Crippen molar-refractivity contribution in [2.75, 3.05) is 4.90 Å². The second-order valence-electron chi connectivity index (χ2n) is 14.4. The van der Waals surface area contributed by atoms with E-state index in [-0.39, 0.29) is 33.6 Å². The van der Waals surface area contributed by atoms with Gasteiger partial charge in [-0.1, -0.05) is 130 Å². The van der Waals surface area contributed by atoms with Crippen molar-refractivity contribution in [1.29, 1.82) is 0 Å². The SMILES string of the molecule is [B]c1c([B])c(O)c(N(c2cccc(-c3ccccc3)c2)c2c3c(c(C)c4c2C(C)(C)c2ccccc2-4)-c2ccccc2C3(C)C)c([B])c1O. The Morgan fingerprint density at radius 2 is 1.02 bits per heavy atom. The Bertz CT molecular complexity index is 2250. The van der Waals surface area contributed by atoms with Crippen LogP contribution in [0.15, 0.2) is 103 Å². The van der Waals surface area contributed by atoms with Crippen LogP contribution >= 0.6 is 0 Å². The van der Waals surface area contributed by atoms with Crippen LogP contribution in [-0.2, 0) is 10.8 Å². The monoisotopic (exact) mass is 629 g/mol. The third-order valence-corrected chi connectivity index (χ3v) is 10.9. The molecule has 49 heavy (non-hydrogen) atoms. The summed E-state index contributed by atoms with van der Waals surface area (Å²) in [7, 11) is 19.5. The van der Waals surface area contributed by atoms with Crippen LogP contribution in [0.2, 0.25) is 0 Å². The van der Waals surface area contributed by atoms with Gasteiger partial charge in [0.25, 0.3) is 0 Å². The predicted octanol–water partition coefficient (Wildman–Crippen LogP) is 7.54. The van der Waals surface area contributed by atoms with Crippen molar-refractivity contribution >= 4 is 57.0 Å². The minimum atomic E-state index is -0.451. The zero-order valence-electron chi connectivity index (χ0n) is 28.4. The lowest BCUT2D eigenvalue weighted by molar-refractivity contribution is 0.471. The van der Waals surface area contributed by atoms with E-state index in [4.69, 9.17) is 23.5 Å². The fraction of sp³-hybridized carbons (Fsp3) is 0.163. The second-order valence-corrected chi connectivity index (χ2v) is 14.4. The van der Waals surface area contributed by atoms with E-state index in [9.17, 15) is 10.2 Å². The molecule has 0 fully saturated rings. The Balaban J connectivity index is 1.60. The summed E-state index contributed by atoms with van der Waals surface area (Å²) < 4.78 is 0. The molecule has 2 aliphatic rings. The van der Waals surface area contributed by atoms with Gasteiger partial charge in [0.05, 0.1) is 11.4 Å². The number of hydrogen-bond donors (Lipinski definition) is 2. The maximum absolute atomic E-state index is 12.0. The van der Waals surface area contributed by atoms with Gasteiger partial charge in [-0.05, 0) is 85.7 Å². The van der Waals surface area contributed by atoms with Crippen LogP contribution in [0.25, 0.3) is 33.4 Å². The predicted molar refractivity (Wildman–Crippen MR) is 206 cm³/mol. The largest absolute Gasteiger partial charge is 0.509 e. The van der Waals surface area contributed by atoms with E-state index in [0.717, 1.165) is 44.8 Å². The zero-order valence-corrected chi connectivity index (χ0v) is 28.4. The third kappa shape index (κ3) is 4.19. The van der Waals surface area contributed by atoms with Crippen LogP contribution in [-0.4, -0.2) is 33.8 Å².